The molecule has 0 bridgehead atoms. The summed E-state index contributed by atoms with van der Waals surface area (Å²) in [5, 5.41) is 0. The third-order valence-electron chi connectivity index (χ3n) is 3.80. The van der Waals surface area contributed by atoms with Crippen molar-refractivity contribution >= 4 is 41.5 Å². The first-order valence-electron chi connectivity index (χ1n) is 7.63. The lowest BCUT2D eigenvalue weighted by Gasteiger charge is -2.32. The van der Waals surface area contributed by atoms with Gasteiger partial charge >= 0.3 is 0 Å². The number of anilines is 1. The van der Waals surface area contributed by atoms with Crippen LogP contribution in [0.15, 0.2) is 45.8 Å². The SMILES string of the molecule is COc1ccc(N(C(C)C)S(=O)(=S)c2ccc(Br)c(C)c2)c(C)c1. The molecule has 1 atom stereocenters. The van der Waals surface area contributed by atoms with Crippen molar-refractivity contribution in [3.05, 3.63) is 52.0 Å². The lowest BCUT2D eigenvalue weighted by atomic mass is 10.2. The summed E-state index contributed by atoms with van der Waals surface area (Å²) in [7, 11) is -1.20. The summed E-state index contributed by atoms with van der Waals surface area (Å²) in [5.41, 5.74) is 2.86. The molecule has 0 aliphatic carbocycles. The maximum Gasteiger partial charge on any atom is 0.142 e. The number of ether oxygens (including phenoxy) is 1. The average molecular weight is 428 g/mol. The van der Waals surface area contributed by atoms with Gasteiger partial charge in [-0.1, -0.05) is 15.9 Å². The Hall–Kier alpha value is -1.11. The second-order valence-electron chi connectivity index (χ2n) is 5.96. The molecule has 6 heteroatoms. The number of rotatable bonds is 5. The lowest BCUT2D eigenvalue weighted by Crippen LogP contribution is -2.36. The van der Waals surface area contributed by atoms with Gasteiger partial charge in [0.25, 0.3) is 0 Å². The minimum atomic E-state index is -2.83. The van der Waals surface area contributed by atoms with Gasteiger partial charge in [-0.2, -0.15) is 0 Å². The molecule has 130 valence electrons. The molecular weight excluding hydrogens is 406 g/mol. The second-order valence-corrected chi connectivity index (χ2v) is 9.98. The number of methoxy groups -OCH3 is 1. The fourth-order valence-electron chi connectivity index (χ4n) is 2.58. The highest BCUT2D eigenvalue weighted by Gasteiger charge is 2.25. The van der Waals surface area contributed by atoms with Crippen LogP contribution in [0.25, 0.3) is 0 Å². The van der Waals surface area contributed by atoms with Crippen molar-refractivity contribution in [1.82, 2.24) is 0 Å². The van der Waals surface area contributed by atoms with Gasteiger partial charge in [0.1, 0.15) is 14.4 Å². The largest absolute Gasteiger partial charge is 0.497 e. The van der Waals surface area contributed by atoms with E-state index in [1.54, 1.807) is 7.11 Å². The molecule has 0 amide bonds. The third-order valence-corrected chi connectivity index (χ3v) is 7.73. The van der Waals surface area contributed by atoms with Crippen LogP contribution in [0.5, 0.6) is 5.75 Å². The molecular formula is C18H22BrNO2S2. The molecule has 3 nitrogen and oxygen atoms in total. The Bertz CT molecular complexity index is 848. The summed E-state index contributed by atoms with van der Waals surface area (Å²) in [6, 6.07) is 11.3. The highest BCUT2D eigenvalue weighted by molar-refractivity contribution is 9.10. The second kappa shape index (κ2) is 7.42. The molecule has 2 aromatic rings. The van der Waals surface area contributed by atoms with E-state index in [9.17, 15) is 4.21 Å². The van der Waals surface area contributed by atoms with Crippen LogP contribution in [0.3, 0.4) is 0 Å². The van der Waals surface area contributed by atoms with Gasteiger partial charge in [0.15, 0.2) is 0 Å². The predicted molar refractivity (Wildman–Crippen MR) is 108 cm³/mol. The maximum atomic E-state index is 13.6. The quantitative estimate of drug-likeness (QED) is 0.671. The van der Waals surface area contributed by atoms with Crippen LogP contribution in [-0.2, 0) is 19.9 Å². The molecule has 0 aliphatic rings. The van der Waals surface area contributed by atoms with Gasteiger partial charge in [0.05, 0.1) is 17.7 Å². The third kappa shape index (κ3) is 3.76. The Morgan fingerprint density at radius 3 is 2.29 bits per heavy atom. The van der Waals surface area contributed by atoms with Gasteiger partial charge in [-0.05, 0) is 75.2 Å². The van der Waals surface area contributed by atoms with Gasteiger partial charge in [-0.25, -0.2) is 4.21 Å². The van der Waals surface area contributed by atoms with E-state index in [1.807, 2.05) is 68.4 Å². The fraction of sp³-hybridized carbons (Fsp3) is 0.333. The molecule has 0 saturated carbocycles. The van der Waals surface area contributed by atoms with E-state index in [0.717, 1.165) is 27.0 Å². The summed E-state index contributed by atoms with van der Waals surface area (Å²) >= 11 is 9.10. The Labute approximate surface area is 158 Å². The van der Waals surface area contributed by atoms with Gasteiger partial charge in [0.2, 0.25) is 0 Å². The monoisotopic (exact) mass is 427 g/mol. The summed E-state index contributed by atoms with van der Waals surface area (Å²) < 4.78 is 21.7. The van der Waals surface area contributed by atoms with Crippen molar-refractivity contribution in [3.8, 4) is 5.75 Å². The molecule has 0 spiro atoms. The molecule has 24 heavy (non-hydrogen) atoms. The van der Waals surface area contributed by atoms with Crippen LogP contribution in [0.1, 0.15) is 25.0 Å². The van der Waals surface area contributed by atoms with E-state index >= 15 is 0 Å². The summed E-state index contributed by atoms with van der Waals surface area (Å²) in [6.45, 7) is 7.95. The minimum Gasteiger partial charge on any atom is -0.497 e. The topological polar surface area (TPSA) is 29.5 Å². The zero-order valence-corrected chi connectivity index (χ0v) is 17.7. The minimum absolute atomic E-state index is 0.00829. The van der Waals surface area contributed by atoms with Gasteiger partial charge in [-0.15, -0.1) is 0 Å². The highest BCUT2D eigenvalue weighted by Crippen LogP contribution is 2.32. The first kappa shape index (κ1) is 19.2. The van der Waals surface area contributed by atoms with Gasteiger partial charge in [-0.3, -0.25) is 4.31 Å². The number of aryl methyl sites for hydroxylation is 2. The first-order chi connectivity index (χ1) is 11.2. The zero-order valence-electron chi connectivity index (χ0n) is 14.5. The molecule has 1 unspecified atom stereocenters. The van der Waals surface area contributed by atoms with Crippen molar-refractivity contribution in [2.75, 3.05) is 11.4 Å². The van der Waals surface area contributed by atoms with E-state index < -0.39 is 8.68 Å². The van der Waals surface area contributed by atoms with Crippen LogP contribution in [0, 0.1) is 13.8 Å². The molecule has 0 heterocycles. The first-order valence-corrected chi connectivity index (χ1v) is 10.9. The van der Waals surface area contributed by atoms with Crippen molar-refractivity contribution in [2.24, 2.45) is 0 Å². The number of benzene rings is 2. The fourth-order valence-corrected chi connectivity index (χ4v) is 5.71. The van der Waals surface area contributed by atoms with E-state index in [4.69, 9.17) is 15.9 Å². The summed E-state index contributed by atoms with van der Waals surface area (Å²) in [5.74, 6) is 0.773. The number of hydrogen-bond donors (Lipinski definition) is 0. The van der Waals surface area contributed by atoms with Crippen molar-refractivity contribution < 1.29 is 8.95 Å². The van der Waals surface area contributed by atoms with Crippen molar-refractivity contribution in [1.29, 1.82) is 0 Å². The van der Waals surface area contributed by atoms with Crippen molar-refractivity contribution in [2.45, 2.75) is 38.6 Å². The normalized spacial score (nSPS) is 13.6. The number of halogens is 1. The van der Waals surface area contributed by atoms with Crippen molar-refractivity contribution in [3.63, 3.8) is 0 Å². The van der Waals surface area contributed by atoms with Crippen LogP contribution in [0.2, 0.25) is 0 Å². The molecule has 0 radical (unpaired) electrons. The Balaban J connectivity index is 2.60. The summed E-state index contributed by atoms with van der Waals surface area (Å²) in [4.78, 5) is 0.655. The molecule has 0 aromatic heterocycles. The van der Waals surface area contributed by atoms with Crippen LogP contribution in [0.4, 0.5) is 5.69 Å². The molecule has 2 rings (SSSR count). The van der Waals surface area contributed by atoms with Crippen LogP contribution in [-0.4, -0.2) is 17.4 Å². The molecule has 0 aliphatic heterocycles. The highest BCUT2D eigenvalue weighted by atomic mass is 79.9. The zero-order chi connectivity index (χ0) is 18.1. The van der Waals surface area contributed by atoms with E-state index in [1.165, 1.54) is 0 Å². The molecule has 0 saturated heterocycles. The molecule has 0 N–H and O–H groups in total. The number of nitrogens with zero attached hydrogens (tertiary/aromatic N) is 1. The molecule has 0 fully saturated rings. The average Bonchev–Trinajstić information content (AvgIpc) is 2.51. The van der Waals surface area contributed by atoms with E-state index in [2.05, 4.69) is 15.9 Å². The standard InChI is InChI=1S/C18H22BrNO2S2/c1-12(2)20(18-9-6-15(22-5)10-14(18)4)24(21,23)16-7-8-17(19)13(3)11-16/h6-12H,1-5H3. The smallest absolute Gasteiger partial charge is 0.142 e. The van der Waals surface area contributed by atoms with Crippen LogP contribution < -0.4 is 9.04 Å². The molecule has 2 aromatic carbocycles. The summed E-state index contributed by atoms with van der Waals surface area (Å²) in [6.07, 6.45) is 0. The predicted octanol–water partition coefficient (Wildman–Crippen LogP) is 5.01. The van der Waals surface area contributed by atoms with E-state index in [0.29, 0.717) is 4.90 Å². The number of hydrogen-bond acceptors (Lipinski definition) is 3. The van der Waals surface area contributed by atoms with E-state index in [-0.39, 0.29) is 6.04 Å². The Morgan fingerprint density at radius 2 is 1.79 bits per heavy atom. The van der Waals surface area contributed by atoms with Crippen LogP contribution >= 0.6 is 15.9 Å². The lowest BCUT2D eigenvalue weighted by molar-refractivity contribution is 0.414. The Kier molecular flexibility index (Phi) is 5.94. The van der Waals surface area contributed by atoms with Gasteiger partial charge < -0.3 is 4.74 Å². The van der Waals surface area contributed by atoms with Gasteiger partial charge in [0, 0.05) is 21.7 Å². The Morgan fingerprint density at radius 1 is 1.12 bits per heavy atom. The maximum absolute atomic E-state index is 13.6.